The van der Waals surface area contributed by atoms with Crippen LogP contribution in [0.4, 0.5) is 0 Å². The second-order valence-corrected chi connectivity index (χ2v) is 9.74. The molecule has 7 heteroatoms. The predicted molar refractivity (Wildman–Crippen MR) is 138 cm³/mol. The summed E-state index contributed by atoms with van der Waals surface area (Å²) in [5, 5.41) is 15.2. The molecule has 1 aliphatic rings. The fourth-order valence-electron chi connectivity index (χ4n) is 4.69. The van der Waals surface area contributed by atoms with E-state index in [1.165, 1.54) is 21.6 Å². The minimum absolute atomic E-state index is 0.0380. The molecule has 2 aromatic heterocycles. The molecule has 6 nitrogen and oxygen atoms in total. The molecule has 1 fully saturated rings. The van der Waals surface area contributed by atoms with Gasteiger partial charge >= 0.3 is 0 Å². The van der Waals surface area contributed by atoms with Crippen molar-refractivity contribution in [1.29, 1.82) is 0 Å². The van der Waals surface area contributed by atoms with Crippen LogP contribution in [0.15, 0.2) is 72.1 Å². The zero-order valence-corrected chi connectivity index (χ0v) is 20.5. The second kappa shape index (κ2) is 10.4. The topological polar surface area (TPSA) is 50.1 Å². The van der Waals surface area contributed by atoms with Gasteiger partial charge in [0.05, 0.1) is 5.69 Å². The van der Waals surface area contributed by atoms with Crippen molar-refractivity contribution in [2.45, 2.75) is 19.9 Å². The van der Waals surface area contributed by atoms with Crippen molar-refractivity contribution in [3.8, 4) is 5.69 Å². The molecule has 34 heavy (non-hydrogen) atoms. The summed E-state index contributed by atoms with van der Waals surface area (Å²) in [5.74, 6) is 0.886. The molecule has 0 amide bonds. The third kappa shape index (κ3) is 4.87. The third-order valence-corrected chi connectivity index (χ3v) is 7.37. The van der Waals surface area contributed by atoms with Crippen molar-refractivity contribution in [1.82, 2.24) is 30.0 Å². The van der Waals surface area contributed by atoms with Gasteiger partial charge in [-0.15, -0.1) is 16.4 Å². The van der Waals surface area contributed by atoms with Gasteiger partial charge in [-0.25, -0.2) is 0 Å². The number of hydrogen-bond acceptors (Lipinski definition) is 6. The number of hydrogen-bond donors (Lipinski definition) is 0. The molecule has 1 saturated heterocycles. The van der Waals surface area contributed by atoms with Crippen LogP contribution in [-0.4, -0.2) is 62.7 Å². The number of aromatic nitrogens is 4. The normalized spacial score (nSPS) is 16.3. The lowest BCUT2D eigenvalue weighted by Gasteiger charge is -2.38. The maximum Gasteiger partial charge on any atom is 0.179 e. The molecule has 0 aliphatic carbocycles. The predicted octanol–water partition coefficient (Wildman–Crippen LogP) is 4.76. The van der Waals surface area contributed by atoms with Crippen molar-refractivity contribution >= 4 is 17.4 Å². The van der Waals surface area contributed by atoms with Gasteiger partial charge in [-0.2, -0.15) is 4.68 Å². The molecule has 5 rings (SSSR count). The highest BCUT2D eigenvalue weighted by Crippen LogP contribution is 2.33. The Balaban J connectivity index is 1.35. The van der Waals surface area contributed by atoms with E-state index in [-0.39, 0.29) is 6.04 Å². The smallest absolute Gasteiger partial charge is 0.179 e. The SMILES string of the molecule is Cc1cccc(C)c1-n1nnnc1C(c1cccs1)N1CCN(CC=Cc2ccccc2)CC1. The average molecular weight is 471 g/mol. The van der Waals surface area contributed by atoms with Crippen molar-refractivity contribution in [2.75, 3.05) is 32.7 Å². The van der Waals surface area contributed by atoms with Crippen molar-refractivity contribution in [3.05, 3.63) is 99.5 Å². The highest BCUT2D eigenvalue weighted by Gasteiger charge is 2.32. The molecule has 0 N–H and O–H groups in total. The van der Waals surface area contributed by atoms with Gasteiger partial charge in [0.1, 0.15) is 6.04 Å². The quantitative estimate of drug-likeness (QED) is 0.390. The van der Waals surface area contributed by atoms with E-state index in [0.29, 0.717) is 0 Å². The first kappa shape index (κ1) is 22.7. The fraction of sp³-hybridized carbons (Fsp3) is 0.296. The van der Waals surface area contributed by atoms with E-state index in [1.54, 1.807) is 11.3 Å². The van der Waals surface area contributed by atoms with E-state index < -0.39 is 0 Å². The van der Waals surface area contributed by atoms with Crippen molar-refractivity contribution in [3.63, 3.8) is 0 Å². The first-order valence-corrected chi connectivity index (χ1v) is 12.6. The number of thiophene rings is 1. The Bertz CT molecular complexity index is 1200. The Labute approximate surface area is 205 Å². The van der Waals surface area contributed by atoms with Crippen LogP contribution in [0.25, 0.3) is 11.8 Å². The maximum atomic E-state index is 4.55. The molecule has 4 aromatic rings. The Morgan fingerprint density at radius 1 is 0.912 bits per heavy atom. The van der Waals surface area contributed by atoms with Crippen molar-refractivity contribution < 1.29 is 0 Å². The molecular weight excluding hydrogens is 440 g/mol. The molecule has 0 bridgehead atoms. The van der Waals surface area contributed by atoms with Crippen LogP contribution < -0.4 is 0 Å². The minimum Gasteiger partial charge on any atom is -0.297 e. The van der Waals surface area contributed by atoms with E-state index >= 15 is 0 Å². The molecule has 3 heterocycles. The lowest BCUT2D eigenvalue weighted by atomic mass is 10.1. The maximum absolute atomic E-state index is 4.55. The molecule has 0 radical (unpaired) electrons. The van der Waals surface area contributed by atoms with Gasteiger partial charge in [0, 0.05) is 37.6 Å². The zero-order valence-electron chi connectivity index (χ0n) is 19.7. The van der Waals surface area contributed by atoms with Crippen LogP contribution in [0.5, 0.6) is 0 Å². The number of rotatable bonds is 7. The summed E-state index contributed by atoms with van der Waals surface area (Å²) < 4.78 is 1.95. The third-order valence-electron chi connectivity index (χ3n) is 6.45. The summed E-state index contributed by atoms with van der Waals surface area (Å²) in [6, 6.07) is 21.2. The van der Waals surface area contributed by atoms with Crippen LogP contribution >= 0.6 is 11.3 Å². The first-order chi connectivity index (χ1) is 16.7. The van der Waals surface area contributed by atoms with Crippen LogP contribution in [0.3, 0.4) is 0 Å². The molecule has 174 valence electrons. The molecule has 1 atom stereocenters. The summed E-state index contributed by atoms with van der Waals surface area (Å²) in [7, 11) is 0. The van der Waals surface area contributed by atoms with E-state index in [1.807, 2.05) is 4.68 Å². The summed E-state index contributed by atoms with van der Waals surface area (Å²) in [6.07, 6.45) is 4.47. The minimum atomic E-state index is 0.0380. The largest absolute Gasteiger partial charge is 0.297 e. The van der Waals surface area contributed by atoms with Gasteiger partial charge in [-0.05, 0) is 52.4 Å². The fourth-order valence-corrected chi connectivity index (χ4v) is 5.54. The Morgan fingerprint density at radius 2 is 1.68 bits per heavy atom. The van der Waals surface area contributed by atoms with Gasteiger partial charge in [-0.3, -0.25) is 9.80 Å². The second-order valence-electron chi connectivity index (χ2n) is 8.76. The Morgan fingerprint density at radius 3 is 2.38 bits per heavy atom. The summed E-state index contributed by atoms with van der Waals surface area (Å²) in [5.41, 5.74) is 4.67. The van der Waals surface area contributed by atoms with Gasteiger partial charge in [0.25, 0.3) is 0 Å². The standard InChI is InChI=1S/C27H30N6S/c1-21-9-6-10-22(2)25(21)33-27(28-29-30-33)26(24-14-8-20-34-24)32-18-16-31(17-19-32)15-7-13-23-11-4-3-5-12-23/h3-14,20,26H,15-19H2,1-2H3. The van der Waals surface area contributed by atoms with Gasteiger partial charge in [0.15, 0.2) is 5.82 Å². The number of aryl methyl sites for hydroxylation is 2. The number of piperazine rings is 1. The van der Waals surface area contributed by atoms with Crippen molar-refractivity contribution in [2.24, 2.45) is 0 Å². The first-order valence-electron chi connectivity index (χ1n) is 11.8. The summed E-state index contributed by atoms with van der Waals surface area (Å²) in [6.45, 7) is 9.19. The molecule has 0 spiro atoms. The number of benzene rings is 2. The molecular formula is C27H30N6S. The van der Waals surface area contributed by atoms with E-state index in [0.717, 1.165) is 44.2 Å². The number of tetrazole rings is 1. The monoisotopic (exact) mass is 470 g/mol. The highest BCUT2D eigenvalue weighted by molar-refractivity contribution is 7.10. The van der Waals surface area contributed by atoms with E-state index in [2.05, 4.69) is 117 Å². The van der Waals surface area contributed by atoms with Crippen LogP contribution in [0.2, 0.25) is 0 Å². The zero-order chi connectivity index (χ0) is 23.3. The summed E-state index contributed by atoms with van der Waals surface area (Å²) in [4.78, 5) is 6.31. The molecule has 0 saturated carbocycles. The van der Waals surface area contributed by atoms with Gasteiger partial charge < -0.3 is 0 Å². The number of para-hydroxylation sites is 1. The molecule has 2 aromatic carbocycles. The lowest BCUT2D eigenvalue weighted by molar-refractivity contribution is 0.115. The summed E-state index contributed by atoms with van der Waals surface area (Å²) >= 11 is 1.77. The Hall–Kier alpha value is -3.13. The molecule has 1 unspecified atom stereocenters. The van der Waals surface area contributed by atoms with Gasteiger partial charge in [-0.1, -0.05) is 66.7 Å². The van der Waals surface area contributed by atoms with Gasteiger partial charge in [0.2, 0.25) is 0 Å². The lowest BCUT2D eigenvalue weighted by Crippen LogP contribution is -2.48. The Kier molecular flexibility index (Phi) is 6.94. The van der Waals surface area contributed by atoms with Crippen LogP contribution in [0.1, 0.15) is 33.4 Å². The molecule has 1 aliphatic heterocycles. The van der Waals surface area contributed by atoms with Crippen LogP contribution in [-0.2, 0) is 0 Å². The highest BCUT2D eigenvalue weighted by atomic mass is 32.1. The van der Waals surface area contributed by atoms with E-state index in [4.69, 9.17) is 0 Å². The number of nitrogens with zero attached hydrogens (tertiary/aromatic N) is 6. The van der Waals surface area contributed by atoms with E-state index in [9.17, 15) is 0 Å². The average Bonchev–Trinajstić information content (AvgIpc) is 3.55. The van der Waals surface area contributed by atoms with Crippen LogP contribution in [0, 0.1) is 13.8 Å².